The molecule has 0 saturated carbocycles. The average molecular weight is 310 g/mol. The van der Waals surface area contributed by atoms with Crippen LogP contribution in [0.3, 0.4) is 0 Å². The fourth-order valence-corrected chi connectivity index (χ4v) is 2.40. The number of guanidine groups is 1. The van der Waals surface area contributed by atoms with Crippen molar-refractivity contribution in [2.75, 3.05) is 44.4 Å². The molecule has 3 N–H and O–H groups in total. The Labute approximate surface area is 121 Å². The number of unbranched alkanes of at least 4 members (excludes halogenated alkanes) is 1. The molecule has 0 spiro atoms. The van der Waals surface area contributed by atoms with Crippen LogP contribution in [-0.2, 0) is 10.0 Å². The van der Waals surface area contributed by atoms with E-state index in [1.807, 2.05) is 11.8 Å². The molecule has 0 radical (unpaired) electrons. The summed E-state index contributed by atoms with van der Waals surface area (Å²) in [5, 5.41) is 6.26. The highest BCUT2D eigenvalue weighted by atomic mass is 32.2. The Morgan fingerprint density at radius 1 is 1.16 bits per heavy atom. The number of hydrogen-bond donors (Lipinski definition) is 3. The van der Waals surface area contributed by atoms with E-state index in [1.54, 1.807) is 14.0 Å². The van der Waals surface area contributed by atoms with Gasteiger partial charge in [-0.25, -0.2) is 13.1 Å². The molecule has 0 aliphatic carbocycles. The molecule has 19 heavy (non-hydrogen) atoms. The smallest absolute Gasteiger partial charge is 0.211 e. The molecular formula is C11H26N4O2S2. The number of sulfonamides is 1. The Morgan fingerprint density at radius 2 is 1.84 bits per heavy atom. The molecule has 0 aromatic rings. The van der Waals surface area contributed by atoms with Crippen molar-refractivity contribution in [3.05, 3.63) is 0 Å². The van der Waals surface area contributed by atoms with Crippen molar-refractivity contribution in [3.63, 3.8) is 0 Å². The van der Waals surface area contributed by atoms with Crippen molar-refractivity contribution in [2.24, 2.45) is 4.99 Å². The highest BCUT2D eigenvalue weighted by Crippen LogP contribution is 1.97. The molecule has 0 bridgehead atoms. The van der Waals surface area contributed by atoms with Crippen LogP contribution in [0.25, 0.3) is 0 Å². The summed E-state index contributed by atoms with van der Waals surface area (Å²) in [5.41, 5.74) is 0. The Hall–Kier alpha value is -0.470. The first-order valence-electron chi connectivity index (χ1n) is 6.46. The highest BCUT2D eigenvalue weighted by Gasteiger charge is 2.04. The second-order valence-corrected chi connectivity index (χ2v) is 7.00. The first-order chi connectivity index (χ1) is 9.05. The number of hydrogen-bond acceptors (Lipinski definition) is 4. The molecule has 0 atom stereocenters. The van der Waals surface area contributed by atoms with E-state index in [-0.39, 0.29) is 5.75 Å². The van der Waals surface area contributed by atoms with Gasteiger partial charge in [-0.2, -0.15) is 11.8 Å². The Bertz CT molecular complexity index is 345. The lowest BCUT2D eigenvalue weighted by Crippen LogP contribution is -2.42. The lowest BCUT2D eigenvalue weighted by molar-refractivity contribution is 0.581. The van der Waals surface area contributed by atoms with E-state index in [0.717, 1.165) is 13.0 Å². The standard InChI is InChI=1S/C11H26N4O2S2/c1-4-19(16,17)15-9-8-14-11(12-2)13-7-5-6-10-18-3/h15H,4-10H2,1-3H3,(H2,12,13,14). The fraction of sp³-hybridized carbons (Fsp3) is 0.909. The van der Waals surface area contributed by atoms with Gasteiger partial charge in [-0.3, -0.25) is 4.99 Å². The summed E-state index contributed by atoms with van der Waals surface area (Å²) in [6.45, 7) is 3.37. The quantitative estimate of drug-likeness (QED) is 0.306. The third kappa shape index (κ3) is 11.1. The molecule has 0 unspecified atom stereocenters. The molecule has 0 amide bonds. The van der Waals surface area contributed by atoms with Crippen molar-refractivity contribution < 1.29 is 8.42 Å². The average Bonchev–Trinajstić information content (AvgIpc) is 2.41. The van der Waals surface area contributed by atoms with Crippen molar-refractivity contribution in [1.82, 2.24) is 15.4 Å². The van der Waals surface area contributed by atoms with E-state index in [2.05, 4.69) is 26.6 Å². The zero-order valence-corrected chi connectivity index (χ0v) is 13.7. The topological polar surface area (TPSA) is 82.6 Å². The van der Waals surface area contributed by atoms with Crippen LogP contribution in [0.2, 0.25) is 0 Å². The van der Waals surface area contributed by atoms with Gasteiger partial charge in [0.05, 0.1) is 5.75 Å². The second-order valence-electron chi connectivity index (χ2n) is 3.92. The minimum absolute atomic E-state index is 0.107. The van der Waals surface area contributed by atoms with Crippen molar-refractivity contribution >= 4 is 27.7 Å². The van der Waals surface area contributed by atoms with E-state index in [0.29, 0.717) is 19.0 Å². The predicted molar refractivity (Wildman–Crippen MR) is 84.4 cm³/mol. The first-order valence-corrected chi connectivity index (χ1v) is 9.51. The maximum absolute atomic E-state index is 11.2. The van der Waals surface area contributed by atoms with Gasteiger partial charge in [0.15, 0.2) is 5.96 Å². The second kappa shape index (κ2) is 11.4. The number of aliphatic imine (C=N–C) groups is 1. The van der Waals surface area contributed by atoms with Gasteiger partial charge < -0.3 is 10.6 Å². The van der Waals surface area contributed by atoms with Gasteiger partial charge in [-0.15, -0.1) is 0 Å². The van der Waals surface area contributed by atoms with Gasteiger partial charge in [-0.1, -0.05) is 0 Å². The fourth-order valence-electron chi connectivity index (χ4n) is 1.29. The number of thioether (sulfide) groups is 1. The first kappa shape index (κ1) is 18.5. The van der Waals surface area contributed by atoms with E-state index in [9.17, 15) is 8.42 Å². The Morgan fingerprint density at radius 3 is 2.42 bits per heavy atom. The molecular weight excluding hydrogens is 284 g/mol. The summed E-state index contributed by atoms with van der Waals surface area (Å²) in [4.78, 5) is 4.07. The summed E-state index contributed by atoms with van der Waals surface area (Å²) < 4.78 is 24.9. The van der Waals surface area contributed by atoms with Gasteiger partial charge in [-0.05, 0) is 31.8 Å². The van der Waals surface area contributed by atoms with Crippen LogP contribution in [0.1, 0.15) is 19.8 Å². The maximum atomic E-state index is 11.2. The van der Waals surface area contributed by atoms with Crippen LogP contribution in [0.15, 0.2) is 4.99 Å². The molecule has 0 rings (SSSR count). The van der Waals surface area contributed by atoms with Crippen LogP contribution >= 0.6 is 11.8 Å². The highest BCUT2D eigenvalue weighted by molar-refractivity contribution is 7.98. The van der Waals surface area contributed by atoms with Crippen LogP contribution in [0, 0.1) is 0 Å². The lowest BCUT2D eigenvalue weighted by atomic mass is 10.3. The van der Waals surface area contributed by atoms with Crippen LogP contribution in [-0.4, -0.2) is 58.8 Å². The largest absolute Gasteiger partial charge is 0.356 e. The summed E-state index contributed by atoms with van der Waals surface area (Å²) in [5.74, 6) is 1.99. The van der Waals surface area contributed by atoms with Crippen LogP contribution in [0.5, 0.6) is 0 Å². The van der Waals surface area contributed by atoms with Crippen molar-refractivity contribution in [3.8, 4) is 0 Å². The molecule has 0 aromatic carbocycles. The third-order valence-corrected chi connectivity index (χ3v) is 4.51. The zero-order valence-electron chi connectivity index (χ0n) is 12.0. The summed E-state index contributed by atoms with van der Waals surface area (Å²) in [6.07, 6.45) is 4.39. The van der Waals surface area contributed by atoms with Crippen molar-refractivity contribution in [1.29, 1.82) is 0 Å². The summed E-state index contributed by atoms with van der Waals surface area (Å²) in [7, 11) is -1.40. The van der Waals surface area contributed by atoms with Gasteiger partial charge in [0.2, 0.25) is 10.0 Å². The zero-order chi connectivity index (χ0) is 14.6. The van der Waals surface area contributed by atoms with Crippen molar-refractivity contribution in [2.45, 2.75) is 19.8 Å². The van der Waals surface area contributed by atoms with Crippen LogP contribution < -0.4 is 15.4 Å². The van der Waals surface area contributed by atoms with Gasteiger partial charge in [0.25, 0.3) is 0 Å². The molecule has 8 heteroatoms. The third-order valence-electron chi connectivity index (χ3n) is 2.41. The number of nitrogens with one attached hydrogen (secondary N) is 3. The maximum Gasteiger partial charge on any atom is 0.211 e. The Balaban J connectivity index is 3.66. The molecule has 0 aliphatic heterocycles. The molecule has 0 heterocycles. The Kier molecular flexibility index (Phi) is 11.1. The minimum Gasteiger partial charge on any atom is -0.356 e. The molecule has 0 aromatic heterocycles. The normalized spacial score (nSPS) is 12.5. The number of rotatable bonds is 10. The summed E-state index contributed by atoms with van der Waals surface area (Å²) in [6, 6.07) is 0. The molecule has 0 aliphatic rings. The molecule has 0 fully saturated rings. The molecule has 6 nitrogen and oxygen atoms in total. The number of nitrogens with zero attached hydrogens (tertiary/aromatic N) is 1. The van der Waals surface area contributed by atoms with E-state index >= 15 is 0 Å². The van der Waals surface area contributed by atoms with E-state index in [4.69, 9.17) is 0 Å². The van der Waals surface area contributed by atoms with Crippen LogP contribution in [0.4, 0.5) is 0 Å². The minimum atomic E-state index is -3.10. The van der Waals surface area contributed by atoms with Gasteiger partial charge >= 0.3 is 0 Å². The van der Waals surface area contributed by atoms with E-state index < -0.39 is 10.0 Å². The van der Waals surface area contributed by atoms with Gasteiger partial charge in [0.1, 0.15) is 0 Å². The monoisotopic (exact) mass is 310 g/mol. The molecule has 114 valence electrons. The van der Waals surface area contributed by atoms with Gasteiger partial charge in [0, 0.05) is 26.7 Å². The summed E-state index contributed by atoms with van der Waals surface area (Å²) >= 11 is 1.85. The SMILES string of the molecule is CCS(=O)(=O)NCCNC(=NC)NCCCCSC. The molecule has 0 saturated heterocycles. The predicted octanol–water partition coefficient (Wildman–Crippen LogP) is 0.234. The van der Waals surface area contributed by atoms with E-state index in [1.165, 1.54) is 12.2 Å². The lowest BCUT2D eigenvalue weighted by Gasteiger charge is -2.12.